The molecule has 1 N–H and O–H groups in total. The standard InChI is InChI=1S/C20H28N2O4S/c1-7-9-26-19-15(24-5)10-14(11-16(19)25-6)18-17(13(4)23)12(3)22(8-2)20(27)21-18/h10-11,18H,7-9H2,1-6H3,(H,21,27). The molecule has 1 atom stereocenters. The highest BCUT2D eigenvalue weighted by molar-refractivity contribution is 7.80. The molecule has 0 spiro atoms. The van der Waals surface area contributed by atoms with Gasteiger partial charge in [-0.15, -0.1) is 0 Å². The van der Waals surface area contributed by atoms with Crippen molar-refractivity contribution in [1.29, 1.82) is 0 Å². The number of hydrogen-bond donors (Lipinski definition) is 1. The van der Waals surface area contributed by atoms with E-state index in [4.69, 9.17) is 26.4 Å². The van der Waals surface area contributed by atoms with Gasteiger partial charge in [0.15, 0.2) is 22.4 Å². The van der Waals surface area contributed by atoms with Gasteiger partial charge in [-0.05, 0) is 57.1 Å². The van der Waals surface area contributed by atoms with E-state index in [0.29, 0.717) is 41.1 Å². The van der Waals surface area contributed by atoms with Crippen molar-refractivity contribution in [3.05, 3.63) is 29.0 Å². The summed E-state index contributed by atoms with van der Waals surface area (Å²) < 4.78 is 16.9. The fourth-order valence-corrected chi connectivity index (χ4v) is 3.67. The summed E-state index contributed by atoms with van der Waals surface area (Å²) in [6, 6.07) is 3.36. The highest BCUT2D eigenvalue weighted by Crippen LogP contribution is 2.42. The lowest BCUT2D eigenvalue weighted by molar-refractivity contribution is -0.114. The zero-order valence-electron chi connectivity index (χ0n) is 16.8. The maximum atomic E-state index is 12.4. The number of carbonyl (C=O) groups excluding carboxylic acids is 1. The number of ether oxygens (including phenoxy) is 3. The van der Waals surface area contributed by atoms with E-state index in [2.05, 4.69) is 5.32 Å². The number of carbonyl (C=O) groups is 1. The van der Waals surface area contributed by atoms with Crippen LogP contribution in [0.25, 0.3) is 0 Å². The Hall–Kier alpha value is -2.28. The van der Waals surface area contributed by atoms with Crippen LogP contribution in [0, 0.1) is 0 Å². The van der Waals surface area contributed by atoms with E-state index in [1.807, 2.05) is 37.8 Å². The van der Waals surface area contributed by atoms with Crippen molar-refractivity contribution >= 4 is 23.1 Å². The molecule has 1 aromatic carbocycles. The Bertz CT molecular complexity index is 735. The van der Waals surface area contributed by atoms with Crippen molar-refractivity contribution in [3.8, 4) is 17.2 Å². The van der Waals surface area contributed by atoms with Crippen LogP contribution in [0.3, 0.4) is 0 Å². The van der Waals surface area contributed by atoms with Gasteiger partial charge in [0.2, 0.25) is 5.75 Å². The maximum absolute atomic E-state index is 12.4. The zero-order valence-corrected chi connectivity index (χ0v) is 17.7. The largest absolute Gasteiger partial charge is 0.493 e. The van der Waals surface area contributed by atoms with Crippen LogP contribution in [0.4, 0.5) is 0 Å². The second-order valence-corrected chi connectivity index (χ2v) is 6.67. The third kappa shape index (κ3) is 4.18. The summed E-state index contributed by atoms with van der Waals surface area (Å²) in [4.78, 5) is 14.3. The van der Waals surface area contributed by atoms with Gasteiger partial charge in [0.1, 0.15) is 0 Å². The van der Waals surface area contributed by atoms with Gasteiger partial charge in [-0.25, -0.2) is 0 Å². The highest BCUT2D eigenvalue weighted by atomic mass is 32.1. The SMILES string of the molecule is CCCOc1c(OC)cc(C2NC(=S)N(CC)C(C)=C2C(C)=O)cc1OC. The van der Waals surface area contributed by atoms with Crippen LogP contribution in [0.2, 0.25) is 0 Å². The van der Waals surface area contributed by atoms with Gasteiger partial charge in [-0.2, -0.15) is 0 Å². The number of thiocarbonyl (C=S) groups is 1. The number of nitrogens with one attached hydrogen (secondary N) is 1. The van der Waals surface area contributed by atoms with Gasteiger partial charge in [0.05, 0.1) is 26.9 Å². The molecule has 0 aliphatic carbocycles. The molecule has 0 amide bonds. The molecule has 27 heavy (non-hydrogen) atoms. The first-order valence-corrected chi connectivity index (χ1v) is 9.48. The van der Waals surface area contributed by atoms with E-state index in [-0.39, 0.29) is 11.8 Å². The normalized spacial score (nSPS) is 16.9. The second kappa shape index (κ2) is 9.08. The van der Waals surface area contributed by atoms with Crippen LogP contribution in [-0.4, -0.2) is 43.2 Å². The molecule has 7 heteroatoms. The predicted molar refractivity (Wildman–Crippen MR) is 110 cm³/mol. The number of methoxy groups -OCH3 is 2. The third-order valence-corrected chi connectivity index (χ3v) is 4.90. The summed E-state index contributed by atoms with van der Waals surface area (Å²) in [6.45, 7) is 8.78. The van der Waals surface area contributed by atoms with Crippen molar-refractivity contribution in [2.45, 2.75) is 40.2 Å². The highest BCUT2D eigenvalue weighted by Gasteiger charge is 2.32. The summed E-state index contributed by atoms with van der Waals surface area (Å²) in [5.74, 6) is 1.67. The van der Waals surface area contributed by atoms with Gasteiger partial charge in [-0.1, -0.05) is 6.92 Å². The summed E-state index contributed by atoms with van der Waals surface area (Å²) in [7, 11) is 3.17. The van der Waals surface area contributed by atoms with Gasteiger partial charge in [0.25, 0.3) is 0 Å². The van der Waals surface area contributed by atoms with Crippen LogP contribution in [0.1, 0.15) is 45.7 Å². The number of rotatable bonds is 8. The van der Waals surface area contributed by atoms with Gasteiger partial charge in [-0.3, -0.25) is 4.79 Å². The molecule has 6 nitrogen and oxygen atoms in total. The Morgan fingerprint density at radius 2 is 1.81 bits per heavy atom. The Balaban J connectivity index is 2.60. The molecule has 0 fully saturated rings. The lowest BCUT2D eigenvalue weighted by Crippen LogP contribution is -2.47. The summed E-state index contributed by atoms with van der Waals surface area (Å²) in [6.07, 6.45) is 0.871. The molecule has 1 heterocycles. The number of hydrogen-bond acceptors (Lipinski definition) is 5. The zero-order chi connectivity index (χ0) is 20.1. The van der Waals surface area contributed by atoms with Crippen LogP contribution in [-0.2, 0) is 4.79 Å². The molecule has 0 radical (unpaired) electrons. The monoisotopic (exact) mass is 392 g/mol. The molecule has 2 rings (SSSR count). The molecule has 0 saturated heterocycles. The summed E-state index contributed by atoms with van der Waals surface area (Å²) in [5, 5.41) is 3.88. The molecular formula is C20H28N2O4S. The average Bonchev–Trinajstić information content (AvgIpc) is 2.65. The minimum absolute atomic E-state index is 0.00445. The lowest BCUT2D eigenvalue weighted by atomic mass is 9.92. The number of allylic oxidation sites excluding steroid dienone is 1. The van der Waals surface area contributed by atoms with E-state index < -0.39 is 0 Å². The molecule has 148 valence electrons. The predicted octanol–water partition coefficient (Wildman–Crippen LogP) is 3.61. The van der Waals surface area contributed by atoms with E-state index in [1.54, 1.807) is 21.1 Å². The Labute approximate surface area is 166 Å². The van der Waals surface area contributed by atoms with Crippen molar-refractivity contribution in [3.63, 3.8) is 0 Å². The Morgan fingerprint density at radius 3 is 2.26 bits per heavy atom. The van der Waals surface area contributed by atoms with Crippen molar-refractivity contribution in [2.75, 3.05) is 27.4 Å². The number of nitrogens with zero attached hydrogens (tertiary/aromatic N) is 1. The van der Waals surface area contributed by atoms with E-state index >= 15 is 0 Å². The van der Waals surface area contributed by atoms with Crippen molar-refractivity contribution in [2.24, 2.45) is 0 Å². The lowest BCUT2D eigenvalue weighted by Gasteiger charge is -2.37. The van der Waals surface area contributed by atoms with Crippen molar-refractivity contribution < 1.29 is 19.0 Å². The quantitative estimate of drug-likeness (QED) is 0.678. The fourth-order valence-electron chi connectivity index (χ4n) is 3.28. The molecule has 1 unspecified atom stereocenters. The van der Waals surface area contributed by atoms with Crippen molar-refractivity contribution in [1.82, 2.24) is 10.2 Å². The molecule has 1 aromatic rings. The minimum atomic E-state index is -0.374. The number of Topliss-reactive ketones (excluding diaryl/α,β-unsaturated/α-hetero) is 1. The Kier molecular flexibility index (Phi) is 7.07. The topological polar surface area (TPSA) is 60.0 Å². The van der Waals surface area contributed by atoms with Crippen LogP contribution < -0.4 is 19.5 Å². The first-order chi connectivity index (χ1) is 12.9. The van der Waals surface area contributed by atoms with Crippen LogP contribution in [0.15, 0.2) is 23.4 Å². The molecule has 0 bridgehead atoms. The first-order valence-electron chi connectivity index (χ1n) is 9.07. The van der Waals surface area contributed by atoms with Gasteiger partial charge in [0, 0.05) is 17.8 Å². The molecule has 0 aromatic heterocycles. The third-order valence-electron chi connectivity index (χ3n) is 4.56. The molecule has 1 aliphatic heterocycles. The molecular weight excluding hydrogens is 364 g/mol. The summed E-state index contributed by atoms with van der Waals surface area (Å²) >= 11 is 5.51. The number of benzene rings is 1. The van der Waals surface area contributed by atoms with E-state index in [9.17, 15) is 4.79 Å². The molecule has 0 saturated carbocycles. The van der Waals surface area contributed by atoms with Crippen LogP contribution >= 0.6 is 12.2 Å². The fraction of sp³-hybridized carbons (Fsp3) is 0.500. The van der Waals surface area contributed by atoms with E-state index in [1.165, 1.54) is 0 Å². The smallest absolute Gasteiger partial charge is 0.203 e. The van der Waals surface area contributed by atoms with Crippen LogP contribution in [0.5, 0.6) is 17.2 Å². The average molecular weight is 393 g/mol. The first kappa shape index (κ1) is 21.0. The minimum Gasteiger partial charge on any atom is -0.493 e. The van der Waals surface area contributed by atoms with E-state index in [0.717, 1.165) is 17.7 Å². The number of ketones is 1. The van der Waals surface area contributed by atoms with Gasteiger partial charge >= 0.3 is 0 Å². The second-order valence-electron chi connectivity index (χ2n) is 6.29. The van der Waals surface area contributed by atoms with Gasteiger partial charge < -0.3 is 24.4 Å². The summed E-state index contributed by atoms with van der Waals surface area (Å²) in [5.41, 5.74) is 2.37. The molecule has 1 aliphatic rings. The Morgan fingerprint density at radius 1 is 1.22 bits per heavy atom. The maximum Gasteiger partial charge on any atom is 0.203 e.